The summed E-state index contributed by atoms with van der Waals surface area (Å²) < 4.78 is 5.88. The number of nitrogens with two attached hydrogens (primary N) is 1. The minimum Gasteiger partial charge on any atom is -0.457 e. The van der Waals surface area contributed by atoms with Gasteiger partial charge in [-0.25, -0.2) is 0 Å². The molecule has 1 fully saturated rings. The fraction of sp³-hybridized carbons (Fsp3) is 0.333. The molecule has 0 spiro atoms. The van der Waals surface area contributed by atoms with Crippen molar-refractivity contribution < 1.29 is 9.53 Å². The molecule has 0 aliphatic carbocycles. The molecule has 1 atom stereocenters. The predicted molar refractivity (Wildman–Crippen MR) is 135 cm³/mol. The Morgan fingerprint density at radius 2 is 1.71 bits per heavy atom. The van der Waals surface area contributed by atoms with E-state index in [1.165, 1.54) is 5.69 Å². The maximum absolute atomic E-state index is 12.5. The van der Waals surface area contributed by atoms with E-state index >= 15 is 0 Å². The Bertz CT molecular complexity index is 1020. The van der Waals surface area contributed by atoms with Gasteiger partial charge in [-0.1, -0.05) is 30.3 Å². The molecular weight excluding hydrogens is 426 g/mol. The topological polar surface area (TPSA) is 83.7 Å². The number of anilines is 1. The molecule has 4 rings (SSSR count). The van der Waals surface area contributed by atoms with Crippen LogP contribution in [0.3, 0.4) is 0 Å². The number of ether oxygens (including phenoxy) is 1. The van der Waals surface area contributed by atoms with E-state index in [0.29, 0.717) is 13.0 Å². The fourth-order valence-corrected chi connectivity index (χ4v) is 4.14. The third-order valence-corrected chi connectivity index (χ3v) is 6.02. The summed E-state index contributed by atoms with van der Waals surface area (Å²) in [6, 6.07) is 20.9. The number of hydrogen-bond acceptors (Lipinski definition) is 6. The Kier molecular flexibility index (Phi) is 8.48. The number of nitrogens with zero attached hydrogens (tertiary/aromatic N) is 3. The van der Waals surface area contributed by atoms with Crippen molar-refractivity contribution in [1.82, 2.24) is 15.2 Å². The number of carbonyl (C=O) groups excluding carboxylic acids is 1. The van der Waals surface area contributed by atoms with Crippen LogP contribution in [0.15, 0.2) is 79.1 Å². The van der Waals surface area contributed by atoms with Crippen molar-refractivity contribution in [3.05, 3.63) is 84.7 Å². The van der Waals surface area contributed by atoms with Gasteiger partial charge in [-0.3, -0.25) is 14.7 Å². The maximum atomic E-state index is 12.5. The molecule has 1 unspecified atom stereocenters. The number of para-hydroxylation sites is 1. The van der Waals surface area contributed by atoms with Crippen LogP contribution in [-0.2, 0) is 11.2 Å². The quantitative estimate of drug-likeness (QED) is 0.454. The summed E-state index contributed by atoms with van der Waals surface area (Å²) in [6.07, 6.45) is 5.05. The van der Waals surface area contributed by atoms with Gasteiger partial charge in [0.05, 0.1) is 6.04 Å². The molecule has 1 aliphatic rings. The second-order valence-electron chi connectivity index (χ2n) is 8.55. The molecule has 34 heavy (non-hydrogen) atoms. The summed E-state index contributed by atoms with van der Waals surface area (Å²) in [5.41, 5.74) is 8.38. The number of amides is 1. The van der Waals surface area contributed by atoms with E-state index < -0.39 is 6.04 Å². The first-order valence-corrected chi connectivity index (χ1v) is 11.9. The lowest BCUT2D eigenvalue weighted by molar-refractivity contribution is -0.122. The minimum atomic E-state index is -0.587. The Labute approximate surface area is 201 Å². The molecule has 178 valence electrons. The molecule has 0 radical (unpaired) electrons. The monoisotopic (exact) mass is 459 g/mol. The SMILES string of the molecule is NC(Cc1cccc(Oc2ccccc2)c1)C(=O)NCCCN1CCN(c2ccncc2)CC1. The Morgan fingerprint density at radius 1 is 0.971 bits per heavy atom. The Balaban J connectivity index is 1.14. The largest absolute Gasteiger partial charge is 0.457 e. The average Bonchev–Trinajstić information content (AvgIpc) is 2.88. The zero-order valence-corrected chi connectivity index (χ0v) is 19.5. The van der Waals surface area contributed by atoms with Gasteiger partial charge >= 0.3 is 0 Å². The van der Waals surface area contributed by atoms with E-state index in [4.69, 9.17) is 10.5 Å². The average molecular weight is 460 g/mol. The van der Waals surface area contributed by atoms with Gasteiger partial charge in [-0.05, 0) is 61.3 Å². The normalized spacial score (nSPS) is 15.0. The van der Waals surface area contributed by atoms with Crippen LogP contribution in [0.25, 0.3) is 0 Å². The van der Waals surface area contributed by atoms with Gasteiger partial charge in [0, 0.05) is 50.8 Å². The lowest BCUT2D eigenvalue weighted by Crippen LogP contribution is -2.47. The van der Waals surface area contributed by atoms with Crippen molar-refractivity contribution in [2.75, 3.05) is 44.2 Å². The van der Waals surface area contributed by atoms with Crippen LogP contribution in [0.2, 0.25) is 0 Å². The van der Waals surface area contributed by atoms with E-state index in [9.17, 15) is 4.79 Å². The Hall–Kier alpha value is -3.42. The van der Waals surface area contributed by atoms with Gasteiger partial charge in [0.2, 0.25) is 5.91 Å². The molecule has 2 heterocycles. The number of rotatable bonds is 10. The molecule has 0 bridgehead atoms. The minimum absolute atomic E-state index is 0.114. The van der Waals surface area contributed by atoms with Crippen LogP contribution < -0.4 is 20.7 Å². The third kappa shape index (κ3) is 7.04. The summed E-state index contributed by atoms with van der Waals surface area (Å²) >= 11 is 0. The standard InChI is InChI=1S/C27H33N5O2/c28-26(21-22-6-4-9-25(20-22)34-24-7-2-1-3-8-24)27(33)30-12-5-15-31-16-18-32(19-17-31)23-10-13-29-14-11-23/h1-4,6-11,13-14,20,26H,5,12,15-19,21,28H2,(H,30,33). The summed E-state index contributed by atoms with van der Waals surface area (Å²) in [7, 11) is 0. The van der Waals surface area contributed by atoms with Gasteiger partial charge in [0.25, 0.3) is 0 Å². The van der Waals surface area contributed by atoms with Gasteiger partial charge in [0.15, 0.2) is 0 Å². The first-order chi connectivity index (χ1) is 16.7. The first kappa shape index (κ1) is 23.7. The summed E-state index contributed by atoms with van der Waals surface area (Å²) in [4.78, 5) is 21.4. The molecule has 0 saturated carbocycles. The molecule has 7 nitrogen and oxygen atoms in total. The van der Waals surface area contributed by atoms with Crippen LogP contribution >= 0.6 is 0 Å². The van der Waals surface area contributed by atoms with Crippen molar-refractivity contribution >= 4 is 11.6 Å². The van der Waals surface area contributed by atoms with E-state index in [1.54, 1.807) is 0 Å². The van der Waals surface area contributed by atoms with Crippen molar-refractivity contribution in [2.45, 2.75) is 18.9 Å². The smallest absolute Gasteiger partial charge is 0.237 e. The lowest BCUT2D eigenvalue weighted by atomic mass is 10.1. The number of carbonyl (C=O) groups is 1. The number of hydrogen-bond donors (Lipinski definition) is 2. The molecule has 3 N–H and O–H groups in total. The zero-order valence-electron chi connectivity index (χ0n) is 19.5. The van der Waals surface area contributed by atoms with Crippen LogP contribution in [0.1, 0.15) is 12.0 Å². The van der Waals surface area contributed by atoms with Crippen LogP contribution in [0.5, 0.6) is 11.5 Å². The highest BCUT2D eigenvalue weighted by Crippen LogP contribution is 2.22. The van der Waals surface area contributed by atoms with E-state index in [-0.39, 0.29) is 5.91 Å². The zero-order chi connectivity index (χ0) is 23.6. The maximum Gasteiger partial charge on any atom is 0.237 e. The molecule has 1 aromatic heterocycles. The number of aromatic nitrogens is 1. The van der Waals surface area contributed by atoms with Gasteiger partial charge in [0.1, 0.15) is 11.5 Å². The van der Waals surface area contributed by atoms with E-state index in [0.717, 1.165) is 56.2 Å². The third-order valence-electron chi connectivity index (χ3n) is 6.02. The van der Waals surface area contributed by atoms with Gasteiger partial charge in [-0.2, -0.15) is 0 Å². The van der Waals surface area contributed by atoms with Crippen molar-refractivity contribution in [3.63, 3.8) is 0 Å². The second-order valence-corrected chi connectivity index (χ2v) is 8.55. The summed E-state index contributed by atoms with van der Waals surface area (Å²) in [5, 5.41) is 2.99. The molecule has 1 saturated heterocycles. The van der Waals surface area contributed by atoms with Crippen molar-refractivity contribution in [2.24, 2.45) is 5.73 Å². The van der Waals surface area contributed by atoms with Gasteiger partial charge < -0.3 is 20.7 Å². The molecule has 2 aromatic carbocycles. The highest BCUT2D eigenvalue weighted by atomic mass is 16.5. The van der Waals surface area contributed by atoms with E-state index in [1.807, 2.05) is 67.0 Å². The molecule has 1 aliphatic heterocycles. The molecule has 7 heteroatoms. The first-order valence-electron chi connectivity index (χ1n) is 11.9. The molecule has 1 amide bonds. The summed E-state index contributed by atoms with van der Waals surface area (Å²) in [6.45, 7) is 5.67. The fourth-order valence-electron chi connectivity index (χ4n) is 4.14. The Morgan fingerprint density at radius 3 is 2.47 bits per heavy atom. The van der Waals surface area contributed by atoms with Crippen molar-refractivity contribution in [1.29, 1.82) is 0 Å². The predicted octanol–water partition coefficient (Wildman–Crippen LogP) is 3.07. The number of nitrogens with one attached hydrogen (secondary N) is 1. The highest BCUT2D eigenvalue weighted by molar-refractivity contribution is 5.81. The van der Waals surface area contributed by atoms with Crippen LogP contribution in [0.4, 0.5) is 5.69 Å². The lowest BCUT2D eigenvalue weighted by Gasteiger charge is -2.36. The van der Waals surface area contributed by atoms with Gasteiger partial charge in [-0.15, -0.1) is 0 Å². The van der Waals surface area contributed by atoms with Crippen LogP contribution in [0, 0.1) is 0 Å². The van der Waals surface area contributed by atoms with Crippen LogP contribution in [-0.4, -0.2) is 61.1 Å². The number of pyridine rings is 1. The number of piperazine rings is 1. The van der Waals surface area contributed by atoms with E-state index in [2.05, 4.69) is 32.2 Å². The second kappa shape index (κ2) is 12.2. The molecular formula is C27H33N5O2. The van der Waals surface area contributed by atoms with Crippen molar-refractivity contribution in [3.8, 4) is 11.5 Å². The summed E-state index contributed by atoms with van der Waals surface area (Å²) in [5.74, 6) is 1.40. The highest BCUT2D eigenvalue weighted by Gasteiger charge is 2.17. The number of benzene rings is 2. The molecule has 3 aromatic rings.